The summed E-state index contributed by atoms with van der Waals surface area (Å²) in [6.45, 7) is 0.754. The van der Waals surface area contributed by atoms with Crippen molar-refractivity contribution < 1.29 is 9.18 Å². The molecule has 1 aliphatic heterocycles. The Hall–Kier alpha value is -3.02. The van der Waals surface area contributed by atoms with Gasteiger partial charge >= 0.3 is 0 Å². The maximum absolute atomic E-state index is 13.0. The molecule has 3 heterocycles. The summed E-state index contributed by atoms with van der Waals surface area (Å²) < 4.78 is 14.9. The van der Waals surface area contributed by atoms with Crippen LogP contribution in [-0.2, 0) is 11.2 Å². The minimum Gasteiger partial charge on any atom is -0.334 e. The average Bonchev–Trinajstić information content (AvgIpc) is 3.39. The number of halogens is 1. The van der Waals surface area contributed by atoms with E-state index in [-0.39, 0.29) is 17.8 Å². The van der Waals surface area contributed by atoms with Crippen molar-refractivity contribution in [1.82, 2.24) is 19.4 Å². The number of pyridine rings is 1. The van der Waals surface area contributed by atoms with Crippen molar-refractivity contribution in [3.63, 3.8) is 0 Å². The lowest BCUT2D eigenvalue weighted by molar-refractivity contribution is -0.132. The van der Waals surface area contributed by atoms with Gasteiger partial charge in [-0.3, -0.25) is 9.36 Å². The molecule has 1 amide bonds. The van der Waals surface area contributed by atoms with E-state index in [0.717, 1.165) is 36.5 Å². The third-order valence-corrected chi connectivity index (χ3v) is 4.98. The molecule has 1 saturated heterocycles. The van der Waals surface area contributed by atoms with Crippen molar-refractivity contribution in [1.29, 1.82) is 0 Å². The molecule has 0 N–H and O–H groups in total. The van der Waals surface area contributed by atoms with Gasteiger partial charge in [0.1, 0.15) is 18.0 Å². The lowest BCUT2D eigenvalue weighted by Crippen LogP contribution is -2.31. The zero-order valence-corrected chi connectivity index (χ0v) is 15.0. The van der Waals surface area contributed by atoms with E-state index in [1.165, 1.54) is 12.1 Å². The van der Waals surface area contributed by atoms with Gasteiger partial charge in [0.05, 0.1) is 11.7 Å². The first-order chi connectivity index (χ1) is 13.2. The van der Waals surface area contributed by atoms with E-state index in [1.807, 2.05) is 33.9 Å². The van der Waals surface area contributed by atoms with Gasteiger partial charge in [-0.2, -0.15) is 0 Å². The number of carbonyl (C=O) groups excluding carboxylic acids is 1. The minimum atomic E-state index is -0.256. The average molecular weight is 364 g/mol. The predicted octanol–water partition coefficient (Wildman–Crippen LogP) is 3.70. The molecule has 4 rings (SSSR count). The number of aryl methyl sites for hydroxylation is 1. The second-order valence-corrected chi connectivity index (χ2v) is 6.76. The van der Waals surface area contributed by atoms with E-state index in [4.69, 9.17) is 4.98 Å². The van der Waals surface area contributed by atoms with Crippen LogP contribution in [0.25, 0.3) is 5.82 Å². The molecule has 0 spiro atoms. The molecule has 2 aromatic heterocycles. The Bertz CT molecular complexity index is 908. The summed E-state index contributed by atoms with van der Waals surface area (Å²) in [6.07, 6.45) is 8.22. The molecule has 0 saturated carbocycles. The van der Waals surface area contributed by atoms with E-state index in [2.05, 4.69) is 4.98 Å². The molecule has 1 aromatic carbocycles. The highest BCUT2D eigenvalue weighted by molar-refractivity contribution is 5.77. The van der Waals surface area contributed by atoms with E-state index < -0.39 is 0 Å². The summed E-state index contributed by atoms with van der Waals surface area (Å²) in [6, 6.07) is 12.2. The van der Waals surface area contributed by atoms with Crippen molar-refractivity contribution in [2.45, 2.75) is 31.7 Å². The van der Waals surface area contributed by atoms with Gasteiger partial charge < -0.3 is 4.90 Å². The Kier molecular flexibility index (Phi) is 4.96. The molecule has 0 aliphatic carbocycles. The number of nitrogens with zero attached hydrogens (tertiary/aromatic N) is 4. The Morgan fingerprint density at radius 3 is 2.81 bits per heavy atom. The van der Waals surface area contributed by atoms with Gasteiger partial charge in [-0.05, 0) is 49.1 Å². The van der Waals surface area contributed by atoms with Crippen LogP contribution in [0.1, 0.15) is 36.6 Å². The summed E-state index contributed by atoms with van der Waals surface area (Å²) in [4.78, 5) is 23.5. The van der Waals surface area contributed by atoms with Crippen molar-refractivity contribution >= 4 is 5.91 Å². The van der Waals surface area contributed by atoms with Crippen molar-refractivity contribution in [3.05, 3.63) is 78.3 Å². The van der Waals surface area contributed by atoms with E-state index in [1.54, 1.807) is 24.7 Å². The molecule has 0 radical (unpaired) electrons. The number of rotatable bonds is 5. The first kappa shape index (κ1) is 17.4. The fourth-order valence-electron chi connectivity index (χ4n) is 3.58. The molecule has 3 aromatic rings. The second-order valence-electron chi connectivity index (χ2n) is 6.76. The maximum atomic E-state index is 13.0. The number of benzene rings is 1. The van der Waals surface area contributed by atoms with E-state index in [0.29, 0.717) is 12.8 Å². The predicted molar refractivity (Wildman–Crippen MR) is 99.8 cm³/mol. The first-order valence-corrected chi connectivity index (χ1v) is 9.20. The zero-order chi connectivity index (χ0) is 18.6. The van der Waals surface area contributed by atoms with Crippen molar-refractivity contribution in [3.8, 4) is 5.82 Å². The number of carbonyl (C=O) groups is 1. The third kappa shape index (κ3) is 3.89. The Balaban J connectivity index is 1.46. The summed E-state index contributed by atoms with van der Waals surface area (Å²) in [5, 5.41) is 0. The zero-order valence-electron chi connectivity index (χ0n) is 15.0. The van der Waals surface area contributed by atoms with E-state index in [9.17, 15) is 9.18 Å². The summed E-state index contributed by atoms with van der Waals surface area (Å²) >= 11 is 0. The van der Waals surface area contributed by atoms with Gasteiger partial charge in [-0.1, -0.05) is 18.2 Å². The van der Waals surface area contributed by atoms with Crippen LogP contribution in [0.2, 0.25) is 0 Å². The fourth-order valence-corrected chi connectivity index (χ4v) is 3.58. The molecule has 6 heteroatoms. The molecule has 1 fully saturated rings. The lowest BCUT2D eigenvalue weighted by atomic mass is 10.1. The van der Waals surface area contributed by atoms with Crippen molar-refractivity contribution in [2.24, 2.45) is 0 Å². The Morgan fingerprint density at radius 2 is 2.04 bits per heavy atom. The number of hydrogen-bond acceptors (Lipinski definition) is 3. The maximum Gasteiger partial charge on any atom is 0.223 e. The molecule has 0 bridgehead atoms. The summed E-state index contributed by atoms with van der Waals surface area (Å²) in [7, 11) is 0. The van der Waals surface area contributed by atoms with Gasteiger partial charge in [0.2, 0.25) is 5.91 Å². The topological polar surface area (TPSA) is 51.0 Å². The van der Waals surface area contributed by atoms with Crippen LogP contribution in [0.15, 0.2) is 61.2 Å². The Labute approximate surface area is 157 Å². The highest BCUT2D eigenvalue weighted by atomic mass is 19.1. The lowest BCUT2D eigenvalue weighted by Gasteiger charge is -2.25. The van der Waals surface area contributed by atoms with Crippen LogP contribution in [0.3, 0.4) is 0 Å². The van der Waals surface area contributed by atoms with Crippen LogP contribution in [0.5, 0.6) is 0 Å². The molecular formula is C21H21FN4O. The van der Waals surface area contributed by atoms with Crippen molar-refractivity contribution in [2.75, 3.05) is 6.54 Å². The number of imidazole rings is 1. The molecule has 27 heavy (non-hydrogen) atoms. The number of likely N-dealkylation sites (tertiary alicyclic amines) is 1. The molecular weight excluding hydrogens is 343 g/mol. The van der Waals surface area contributed by atoms with Crippen LogP contribution >= 0.6 is 0 Å². The van der Waals surface area contributed by atoms with Crippen LogP contribution in [0, 0.1) is 5.82 Å². The van der Waals surface area contributed by atoms with Gasteiger partial charge in [0.25, 0.3) is 0 Å². The van der Waals surface area contributed by atoms with Gasteiger partial charge in [0.15, 0.2) is 0 Å². The molecule has 1 unspecified atom stereocenters. The van der Waals surface area contributed by atoms with Gasteiger partial charge in [-0.25, -0.2) is 14.4 Å². The normalized spacial score (nSPS) is 16.6. The fraction of sp³-hybridized carbons (Fsp3) is 0.286. The molecule has 5 nitrogen and oxygen atoms in total. The molecule has 1 aliphatic rings. The monoisotopic (exact) mass is 364 g/mol. The number of aromatic nitrogens is 3. The van der Waals surface area contributed by atoms with Crippen LogP contribution in [0.4, 0.5) is 4.39 Å². The van der Waals surface area contributed by atoms with E-state index >= 15 is 0 Å². The first-order valence-electron chi connectivity index (χ1n) is 9.20. The standard InChI is InChI=1S/C21H21FN4O/c22-17-9-6-16(7-10-17)8-11-21(27)26-13-2-4-19(26)18-3-1-5-20(24-18)25-14-12-23-15-25/h1,3,5-7,9-10,12,14-15,19H,2,4,8,11,13H2. The minimum absolute atomic E-state index is 0.00851. The summed E-state index contributed by atoms with van der Waals surface area (Å²) in [5.74, 6) is 0.667. The SMILES string of the molecule is O=C(CCc1ccc(F)cc1)N1CCCC1c1cccc(-n2ccnc2)n1. The highest BCUT2D eigenvalue weighted by Gasteiger charge is 2.30. The number of hydrogen-bond donors (Lipinski definition) is 0. The van der Waals surface area contributed by atoms with Gasteiger partial charge in [-0.15, -0.1) is 0 Å². The quantitative estimate of drug-likeness (QED) is 0.694. The highest BCUT2D eigenvalue weighted by Crippen LogP contribution is 2.32. The van der Waals surface area contributed by atoms with Crippen LogP contribution < -0.4 is 0 Å². The molecule has 138 valence electrons. The summed E-state index contributed by atoms with van der Waals surface area (Å²) in [5.41, 5.74) is 1.88. The number of amides is 1. The molecule has 1 atom stereocenters. The second kappa shape index (κ2) is 7.70. The third-order valence-electron chi connectivity index (χ3n) is 4.98. The largest absolute Gasteiger partial charge is 0.334 e. The van der Waals surface area contributed by atoms with Crippen LogP contribution in [-0.4, -0.2) is 31.9 Å². The Morgan fingerprint density at radius 1 is 1.19 bits per heavy atom. The van der Waals surface area contributed by atoms with Gasteiger partial charge in [0, 0.05) is 25.4 Å². The smallest absolute Gasteiger partial charge is 0.223 e.